The average molecular weight is 334 g/mol. The van der Waals surface area contributed by atoms with Crippen molar-refractivity contribution in [3.8, 4) is 11.3 Å². The van der Waals surface area contributed by atoms with Gasteiger partial charge < -0.3 is 15.1 Å². The molecule has 0 bridgehead atoms. The number of piperidine rings is 1. The second-order valence-corrected chi connectivity index (χ2v) is 6.82. The van der Waals surface area contributed by atoms with E-state index in [9.17, 15) is 10.2 Å². The van der Waals surface area contributed by atoms with Crippen LogP contribution in [0.25, 0.3) is 22.2 Å². The maximum absolute atomic E-state index is 10.6. The SMILES string of the molecule is OC[C@@]1(O)CCCN(c2cc(-c3ccccc3)nc3ccccc23)C1. The fraction of sp³-hybridized carbons (Fsp3) is 0.286. The largest absolute Gasteiger partial charge is 0.393 e. The van der Waals surface area contributed by atoms with Crippen molar-refractivity contribution >= 4 is 16.6 Å². The lowest BCUT2D eigenvalue weighted by Gasteiger charge is -2.39. The van der Waals surface area contributed by atoms with Crippen molar-refractivity contribution in [1.82, 2.24) is 4.98 Å². The van der Waals surface area contributed by atoms with Crippen molar-refractivity contribution in [2.75, 3.05) is 24.6 Å². The molecule has 0 unspecified atom stereocenters. The smallest absolute Gasteiger partial charge is 0.105 e. The third kappa shape index (κ3) is 3.11. The van der Waals surface area contributed by atoms with E-state index in [0.29, 0.717) is 13.0 Å². The monoisotopic (exact) mass is 334 g/mol. The van der Waals surface area contributed by atoms with Crippen LogP contribution in [0.3, 0.4) is 0 Å². The quantitative estimate of drug-likeness (QED) is 0.772. The van der Waals surface area contributed by atoms with Crippen LogP contribution in [0.2, 0.25) is 0 Å². The summed E-state index contributed by atoms with van der Waals surface area (Å²) >= 11 is 0. The Morgan fingerprint density at radius 1 is 1.04 bits per heavy atom. The number of β-amino-alcohol motifs (C(OH)–C–C–N with tert-alkyl or cyclic N) is 1. The number of aliphatic hydroxyl groups excluding tert-OH is 1. The molecule has 1 atom stereocenters. The van der Waals surface area contributed by atoms with Crippen molar-refractivity contribution in [1.29, 1.82) is 0 Å². The third-order valence-corrected chi connectivity index (χ3v) is 4.95. The molecule has 1 aromatic heterocycles. The molecule has 0 spiro atoms. The van der Waals surface area contributed by atoms with E-state index >= 15 is 0 Å². The molecule has 4 rings (SSSR count). The van der Waals surface area contributed by atoms with Gasteiger partial charge in [-0.15, -0.1) is 0 Å². The Hall–Kier alpha value is -2.43. The number of hydrogen-bond donors (Lipinski definition) is 2. The predicted octanol–water partition coefficient (Wildman–Crippen LogP) is 3.23. The van der Waals surface area contributed by atoms with Gasteiger partial charge in [0.25, 0.3) is 0 Å². The van der Waals surface area contributed by atoms with Gasteiger partial charge >= 0.3 is 0 Å². The van der Waals surface area contributed by atoms with Crippen molar-refractivity contribution in [2.24, 2.45) is 0 Å². The summed E-state index contributed by atoms with van der Waals surface area (Å²) in [5, 5.41) is 21.2. The molecule has 1 fully saturated rings. The number of aromatic nitrogens is 1. The van der Waals surface area contributed by atoms with Gasteiger partial charge in [-0.05, 0) is 25.0 Å². The number of benzene rings is 2. The molecule has 0 saturated carbocycles. The molecule has 128 valence electrons. The van der Waals surface area contributed by atoms with Gasteiger partial charge in [0.2, 0.25) is 0 Å². The lowest BCUT2D eigenvalue weighted by Crippen LogP contribution is -2.50. The Morgan fingerprint density at radius 2 is 1.80 bits per heavy atom. The number of para-hydroxylation sites is 1. The van der Waals surface area contributed by atoms with Gasteiger partial charge in [-0.3, -0.25) is 0 Å². The maximum atomic E-state index is 10.6. The molecular formula is C21H22N2O2. The Bertz CT molecular complexity index is 881. The Balaban J connectivity index is 1.84. The molecule has 2 N–H and O–H groups in total. The Kier molecular flexibility index (Phi) is 4.15. The summed E-state index contributed by atoms with van der Waals surface area (Å²) in [6, 6.07) is 20.3. The van der Waals surface area contributed by atoms with Crippen molar-refractivity contribution in [3.63, 3.8) is 0 Å². The van der Waals surface area contributed by atoms with E-state index in [0.717, 1.165) is 40.8 Å². The summed E-state index contributed by atoms with van der Waals surface area (Å²) < 4.78 is 0. The van der Waals surface area contributed by atoms with Gasteiger partial charge in [0, 0.05) is 29.7 Å². The topological polar surface area (TPSA) is 56.6 Å². The summed E-state index contributed by atoms with van der Waals surface area (Å²) in [5.41, 5.74) is 2.97. The van der Waals surface area contributed by atoms with Crippen LogP contribution >= 0.6 is 0 Å². The van der Waals surface area contributed by atoms with Crippen molar-refractivity contribution in [3.05, 3.63) is 60.7 Å². The van der Waals surface area contributed by atoms with Crippen LogP contribution < -0.4 is 4.90 Å². The second kappa shape index (κ2) is 6.47. The molecule has 4 heteroatoms. The van der Waals surface area contributed by atoms with Gasteiger partial charge in [0.15, 0.2) is 0 Å². The zero-order valence-electron chi connectivity index (χ0n) is 14.1. The van der Waals surface area contributed by atoms with Gasteiger partial charge in [-0.25, -0.2) is 4.98 Å². The number of anilines is 1. The minimum Gasteiger partial charge on any atom is -0.393 e. The first-order valence-corrected chi connectivity index (χ1v) is 8.72. The second-order valence-electron chi connectivity index (χ2n) is 6.82. The molecule has 1 aliphatic heterocycles. The van der Waals surface area contributed by atoms with E-state index in [1.54, 1.807) is 0 Å². The molecule has 3 aromatic rings. The summed E-state index contributed by atoms with van der Waals surface area (Å²) in [4.78, 5) is 7.00. The molecular weight excluding hydrogens is 312 g/mol. The first-order chi connectivity index (χ1) is 12.2. The third-order valence-electron chi connectivity index (χ3n) is 4.95. The lowest BCUT2D eigenvalue weighted by molar-refractivity contribution is -0.0240. The average Bonchev–Trinajstić information content (AvgIpc) is 2.68. The summed E-state index contributed by atoms with van der Waals surface area (Å²) in [7, 11) is 0. The highest BCUT2D eigenvalue weighted by Gasteiger charge is 2.33. The normalized spacial score (nSPS) is 20.8. The Labute approximate surface area is 147 Å². The van der Waals surface area contributed by atoms with Gasteiger partial charge in [-0.1, -0.05) is 48.5 Å². The molecule has 25 heavy (non-hydrogen) atoms. The summed E-state index contributed by atoms with van der Waals surface area (Å²) in [6.07, 6.45) is 1.49. The number of pyridine rings is 1. The van der Waals surface area contributed by atoms with Crippen LogP contribution in [0, 0.1) is 0 Å². The number of fused-ring (bicyclic) bond motifs is 1. The molecule has 2 aromatic carbocycles. The Morgan fingerprint density at radius 3 is 2.60 bits per heavy atom. The van der Waals surface area contributed by atoms with E-state index in [2.05, 4.69) is 29.2 Å². The van der Waals surface area contributed by atoms with Crippen LogP contribution in [-0.2, 0) is 0 Å². The van der Waals surface area contributed by atoms with Crippen LogP contribution in [0.4, 0.5) is 5.69 Å². The minimum absolute atomic E-state index is 0.210. The summed E-state index contributed by atoms with van der Waals surface area (Å²) in [5.74, 6) is 0. The van der Waals surface area contributed by atoms with Crippen molar-refractivity contribution < 1.29 is 10.2 Å². The summed E-state index contributed by atoms with van der Waals surface area (Å²) in [6.45, 7) is 1.09. The number of rotatable bonds is 3. The highest BCUT2D eigenvalue weighted by molar-refractivity contribution is 5.94. The van der Waals surface area contributed by atoms with E-state index in [4.69, 9.17) is 4.98 Å². The molecule has 0 amide bonds. The van der Waals surface area contributed by atoms with Crippen LogP contribution in [-0.4, -0.2) is 40.5 Å². The first-order valence-electron chi connectivity index (χ1n) is 8.72. The molecule has 1 aliphatic rings. The van der Waals surface area contributed by atoms with Crippen LogP contribution in [0.1, 0.15) is 12.8 Å². The lowest BCUT2D eigenvalue weighted by atomic mass is 9.93. The maximum Gasteiger partial charge on any atom is 0.105 e. The van der Waals surface area contributed by atoms with E-state index in [-0.39, 0.29) is 6.61 Å². The highest BCUT2D eigenvalue weighted by atomic mass is 16.3. The number of hydrogen-bond acceptors (Lipinski definition) is 4. The highest BCUT2D eigenvalue weighted by Crippen LogP contribution is 2.34. The van der Waals surface area contributed by atoms with Gasteiger partial charge in [0.1, 0.15) is 5.60 Å². The first kappa shape index (κ1) is 16.1. The number of nitrogens with zero attached hydrogens (tertiary/aromatic N) is 2. The zero-order chi connectivity index (χ0) is 17.3. The van der Waals surface area contributed by atoms with Gasteiger partial charge in [-0.2, -0.15) is 0 Å². The molecule has 2 heterocycles. The molecule has 0 radical (unpaired) electrons. The van der Waals surface area contributed by atoms with Crippen molar-refractivity contribution in [2.45, 2.75) is 18.4 Å². The fourth-order valence-electron chi connectivity index (χ4n) is 3.62. The fourth-order valence-corrected chi connectivity index (χ4v) is 3.62. The minimum atomic E-state index is -1.03. The standard InChI is InChI=1S/C21H22N2O2/c24-15-21(25)11-6-12-23(14-21)20-13-19(16-7-2-1-3-8-16)22-18-10-5-4-9-17(18)20/h1-5,7-10,13,24-25H,6,11-12,14-15H2/t21-/m1/s1. The van der Waals surface area contributed by atoms with E-state index in [1.165, 1.54) is 0 Å². The molecule has 4 nitrogen and oxygen atoms in total. The van der Waals surface area contributed by atoms with Crippen LogP contribution in [0.5, 0.6) is 0 Å². The molecule has 0 aliphatic carbocycles. The van der Waals surface area contributed by atoms with E-state index in [1.807, 2.05) is 36.4 Å². The predicted molar refractivity (Wildman–Crippen MR) is 101 cm³/mol. The van der Waals surface area contributed by atoms with Crippen LogP contribution in [0.15, 0.2) is 60.7 Å². The van der Waals surface area contributed by atoms with Gasteiger partial charge in [0.05, 0.1) is 17.8 Å². The zero-order valence-corrected chi connectivity index (χ0v) is 14.1. The molecule has 1 saturated heterocycles. The number of aliphatic hydroxyl groups is 2. The van der Waals surface area contributed by atoms with E-state index < -0.39 is 5.60 Å².